The fraction of sp³-hybridized carbons (Fsp3) is 0.500. The van der Waals surface area contributed by atoms with Gasteiger partial charge in [0.25, 0.3) is 5.91 Å². The van der Waals surface area contributed by atoms with Gasteiger partial charge in [0.05, 0.1) is 5.56 Å². The molecule has 1 unspecified atom stereocenters. The summed E-state index contributed by atoms with van der Waals surface area (Å²) in [6, 6.07) is 5.74. The van der Waals surface area contributed by atoms with Crippen molar-refractivity contribution in [3.63, 3.8) is 0 Å². The number of hydrogen-bond acceptors (Lipinski definition) is 3. The highest BCUT2D eigenvalue weighted by Crippen LogP contribution is 2.38. The maximum atomic E-state index is 13.3. The molecule has 0 spiro atoms. The van der Waals surface area contributed by atoms with E-state index in [9.17, 15) is 18.0 Å². The number of carbonyl (C=O) groups is 1. The Balaban J connectivity index is 1.45. The van der Waals surface area contributed by atoms with E-state index in [2.05, 4.69) is 16.8 Å². The van der Waals surface area contributed by atoms with Crippen molar-refractivity contribution in [3.05, 3.63) is 59.2 Å². The van der Waals surface area contributed by atoms with E-state index < -0.39 is 11.7 Å². The average molecular weight is 418 g/mol. The van der Waals surface area contributed by atoms with E-state index in [0.717, 1.165) is 30.3 Å². The number of alkyl halides is 3. The molecular weight excluding hydrogens is 393 g/mol. The first-order chi connectivity index (χ1) is 14.3. The Bertz CT molecular complexity index is 958. The average Bonchev–Trinajstić information content (AvgIpc) is 3.16. The third-order valence-corrected chi connectivity index (χ3v) is 6.33. The summed E-state index contributed by atoms with van der Waals surface area (Å²) in [6.45, 7) is 7.52. The minimum atomic E-state index is -4.37. The maximum absolute atomic E-state index is 13.3. The quantitative estimate of drug-likeness (QED) is 0.692. The summed E-state index contributed by atoms with van der Waals surface area (Å²) in [5.41, 5.74) is 0.856. The molecule has 8 heteroatoms. The fourth-order valence-corrected chi connectivity index (χ4v) is 4.55. The number of amides is 1. The monoisotopic (exact) mass is 418 g/mol. The zero-order valence-corrected chi connectivity index (χ0v) is 17.0. The summed E-state index contributed by atoms with van der Waals surface area (Å²) >= 11 is 0. The van der Waals surface area contributed by atoms with Crippen molar-refractivity contribution in [2.45, 2.75) is 51.2 Å². The van der Waals surface area contributed by atoms with Crippen molar-refractivity contribution < 1.29 is 18.0 Å². The maximum Gasteiger partial charge on any atom is 0.416 e. The number of fused-ring (bicyclic) bond motifs is 1. The molecule has 0 bridgehead atoms. The topological polar surface area (TPSA) is 51.0 Å². The predicted octanol–water partition coefficient (Wildman–Crippen LogP) is 4.46. The molecule has 1 aromatic heterocycles. The van der Waals surface area contributed by atoms with Gasteiger partial charge in [0, 0.05) is 26.1 Å². The fourth-order valence-electron chi connectivity index (χ4n) is 4.55. The lowest BCUT2D eigenvalue weighted by molar-refractivity contribution is -0.138. The van der Waals surface area contributed by atoms with Crippen LogP contribution in [0.1, 0.15) is 59.7 Å². The second kappa shape index (κ2) is 7.89. The van der Waals surface area contributed by atoms with Crippen LogP contribution in [0.2, 0.25) is 0 Å². The van der Waals surface area contributed by atoms with E-state index in [4.69, 9.17) is 0 Å². The summed E-state index contributed by atoms with van der Waals surface area (Å²) in [7, 11) is 0. The number of benzene rings is 1. The van der Waals surface area contributed by atoms with Gasteiger partial charge >= 0.3 is 6.18 Å². The Kier molecular flexibility index (Phi) is 5.42. The molecule has 0 radical (unpaired) electrons. The first kappa shape index (κ1) is 20.6. The highest BCUT2D eigenvalue weighted by Gasteiger charge is 2.37. The van der Waals surface area contributed by atoms with E-state index in [1.165, 1.54) is 6.07 Å². The first-order valence-corrected chi connectivity index (χ1v) is 10.3. The molecule has 1 amide bonds. The largest absolute Gasteiger partial charge is 0.416 e. The SMILES string of the molecule is C=C(C)C1CCn2c(nnc2C(=O)N2CCC(c3ccccc3C(F)(F)F)CC2)C1. The minimum absolute atomic E-state index is 0.190. The molecule has 1 aromatic carbocycles. The molecule has 2 aliphatic heterocycles. The Morgan fingerprint density at radius 3 is 2.47 bits per heavy atom. The zero-order valence-electron chi connectivity index (χ0n) is 17.0. The van der Waals surface area contributed by atoms with Gasteiger partial charge in [-0.05, 0) is 49.7 Å². The van der Waals surface area contributed by atoms with E-state index in [1.807, 2.05) is 11.5 Å². The standard InChI is InChI=1S/C22H25F3N4O/c1-14(2)16-9-12-29-19(13-16)26-27-20(29)21(30)28-10-7-15(8-11-28)17-5-3-4-6-18(17)22(23,24)25/h3-6,15-16H,1,7-13H2,2H3. The van der Waals surface area contributed by atoms with Gasteiger partial charge in [0.2, 0.25) is 5.82 Å². The molecule has 0 aliphatic carbocycles. The second-order valence-corrected chi connectivity index (χ2v) is 8.28. The molecule has 0 N–H and O–H groups in total. The molecular formula is C22H25F3N4O. The molecule has 1 saturated heterocycles. The van der Waals surface area contributed by atoms with Gasteiger partial charge in [-0.3, -0.25) is 4.79 Å². The molecule has 1 fully saturated rings. The summed E-state index contributed by atoms with van der Waals surface area (Å²) in [5.74, 6) is 1.08. The van der Waals surface area contributed by atoms with Gasteiger partial charge in [-0.15, -0.1) is 10.2 Å². The number of allylic oxidation sites excluding steroid dienone is 1. The van der Waals surface area contributed by atoms with Crippen molar-refractivity contribution in [1.82, 2.24) is 19.7 Å². The third-order valence-electron chi connectivity index (χ3n) is 6.33. The number of rotatable bonds is 3. The normalized spacial score (nSPS) is 20.1. The van der Waals surface area contributed by atoms with E-state index >= 15 is 0 Å². The van der Waals surface area contributed by atoms with Crippen LogP contribution < -0.4 is 0 Å². The van der Waals surface area contributed by atoms with Crippen molar-refractivity contribution in [3.8, 4) is 0 Å². The molecule has 3 heterocycles. The van der Waals surface area contributed by atoms with Crippen molar-refractivity contribution in [2.75, 3.05) is 13.1 Å². The molecule has 2 aromatic rings. The lowest BCUT2D eigenvalue weighted by atomic mass is 9.86. The number of carbonyl (C=O) groups excluding carboxylic acids is 1. The summed E-state index contributed by atoms with van der Waals surface area (Å²) in [5, 5.41) is 8.34. The van der Waals surface area contributed by atoms with Gasteiger partial charge in [0.1, 0.15) is 5.82 Å². The van der Waals surface area contributed by atoms with Crippen LogP contribution in [-0.2, 0) is 19.1 Å². The number of hydrogen-bond donors (Lipinski definition) is 0. The summed E-state index contributed by atoms with van der Waals surface area (Å²) < 4.78 is 41.9. The number of likely N-dealkylation sites (tertiary alicyclic amines) is 1. The highest BCUT2D eigenvalue weighted by atomic mass is 19.4. The molecule has 4 rings (SSSR count). The van der Waals surface area contributed by atoms with Crippen LogP contribution in [0.5, 0.6) is 0 Å². The lowest BCUT2D eigenvalue weighted by Crippen LogP contribution is -2.40. The Labute approximate surface area is 173 Å². The van der Waals surface area contributed by atoms with Gasteiger partial charge in [-0.1, -0.05) is 30.4 Å². The van der Waals surface area contributed by atoms with Gasteiger partial charge < -0.3 is 9.47 Å². The van der Waals surface area contributed by atoms with E-state index in [0.29, 0.717) is 49.8 Å². The lowest BCUT2D eigenvalue weighted by Gasteiger charge is -2.33. The third kappa shape index (κ3) is 3.87. The summed E-state index contributed by atoms with van der Waals surface area (Å²) in [6.07, 6.45) is -1.75. The van der Waals surface area contributed by atoms with Crippen LogP contribution in [-0.4, -0.2) is 38.7 Å². The molecule has 5 nitrogen and oxygen atoms in total. The van der Waals surface area contributed by atoms with Gasteiger partial charge in [-0.25, -0.2) is 0 Å². The Morgan fingerprint density at radius 2 is 1.80 bits per heavy atom. The van der Waals surface area contributed by atoms with Gasteiger partial charge in [-0.2, -0.15) is 13.2 Å². The van der Waals surface area contributed by atoms with Crippen LogP contribution in [0.15, 0.2) is 36.4 Å². The van der Waals surface area contributed by atoms with Crippen LogP contribution in [0.4, 0.5) is 13.2 Å². The van der Waals surface area contributed by atoms with Crippen LogP contribution in [0.3, 0.4) is 0 Å². The van der Waals surface area contributed by atoms with Crippen molar-refractivity contribution in [2.24, 2.45) is 5.92 Å². The number of nitrogens with zero attached hydrogens (tertiary/aromatic N) is 4. The van der Waals surface area contributed by atoms with Crippen LogP contribution in [0.25, 0.3) is 0 Å². The number of piperidine rings is 1. The summed E-state index contributed by atoms with van der Waals surface area (Å²) in [4.78, 5) is 14.7. The second-order valence-electron chi connectivity index (χ2n) is 8.28. The molecule has 0 saturated carbocycles. The molecule has 160 valence electrons. The number of aromatic nitrogens is 3. The zero-order chi connectivity index (χ0) is 21.5. The van der Waals surface area contributed by atoms with E-state index in [1.54, 1.807) is 17.0 Å². The van der Waals surface area contributed by atoms with Crippen LogP contribution >= 0.6 is 0 Å². The Hall–Kier alpha value is -2.64. The smallest absolute Gasteiger partial charge is 0.336 e. The van der Waals surface area contributed by atoms with Crippen molar-refractivity contribution in [1.29, 1.82) is 0 Å². The molecule has 1 atom stereocenters. The first-order valence-electron chi connectivity index (χ1n) is 10.3. The van der Waals surface area contributed by atoms with Crippen molar-refractivity contribution >= 4 is 5.91 Å². The molecule has 30 heavy (non-hydrogen) atoms. The minimum Gasteiger partial charge on any atom is -0.336 e. The predicted molar refractivity (Wildman–Crippen MR) is 106 cm³/mol. The van der Waals surface area contributed by atoms with Gasteiger partial charge in [0.15, 0.2) is 0 Å². The van der Waals surface area contributed by atoms with Crippen LogP contribution in [0, 0.1) is 5.92 Å². The Morgan fingerprint density at radius 1 is 1.10 bits per heavy atom. The molecule has 2 aliphatic rings. The highest BCUT2D eigenvalue weighted by molar-refractivity contribution is 5.90. The number of halogens is 3. The van der Waals surface area contributed by atoms with E-state index in [-0.39, 0.29) is 11.8 Å².